The number of hydrogen-bond acceptors (Lipinski definition) is 1. The van der Waals surface area contributed by atoms with Crippen LogP contribution in [-0.4, -0.2) is 17.8 Å². The van der Waals surface area contributed by atoms with Crippen molar-refractivity contribution < 1.29 is 4.79 Å². The number of amides is 1. The highest BCUT2D eigenvalue weighted by atomic mass is 79.9. The van der Waals surface area contributed by atoms with Crippen LogP contribution in [0.1, 0.15) is 37.7 Å². The zero-order valence-corrected chi connectivity index (χ0v) is 13.8. The van der Waals surface area contributed by atoms with E-state index in [2.05, 4.69) is 15.9 Å². The Labute approximate surface area is 133 Å². The lowest BCUT2D eigenvalue weighted by molar-refractivity contribution is -0.117. The molecule has 2 aliphatic rings. The maximum Gasteiger partial charge on any atom is 0.231 e. The Kier molecular flexibility index (Phi) is 4.09. The molecule has 0 unspecified atom stereocenters. The summed E-state index contributed by atoms with van der Waals surface area (Å²) in [5, 5.41) is 1.68. The number of fused-ring (bicyclic) bond motifs is 1. The van der Waals surface area contributed by atoms with E-state index in [1.807, 2.05) is 23.1 Å². The van der Waals surface area contributed by atoms with Crippen LogP contribution in [0.25, 0.3) is 0 Å². The largest absolute Gasteiger partial charge is 0.311 e. The molecule has 1 amide bonds. The minimum Gasteiger partial charge on any atom is -0.311 e. The van der Waals surface area contributed by atoms with E-state index in [-0.39, 0.29) is 11.3 Å². The summed E-state index contributed by atoms with van der Waals surface area (Å²) in [5.74, 6) is 0.216. The van der Waals surface area contributed by atoms with Gasteiger partial charge in [0.1, 0.15) is 0 Å². The molecule has 0 N–H and O–H groups in total. The minimum absolute atomic E-state index is 0.216. The third-order valence-corrected chi connectivity index (χ3v) is 6.10. The van der Waals surface area contributed by atoms with Crippen molar-refractivity contribution in [3.63, 3.8) is 0 Å². The maximum atomic E-state index is 12.3. The van der Waals surface area contributed by atoms with Crippen molar-refractivity contribution in [2.24, 2.45) is 5.41 Å². The number of nitrogens with zero attached hydrogens (tertiary/aromatic N) is 1. The Morgan fingerprint density at radius 3 is 2.70 bits per heavy atom. The summed E-state index contributed by atoms with van der Waals surface area (Å²) in [6.07, 6.45) is 6.80. The SMILES string of the molecule is O=C1Cc2ccc(Cl)cc2N1CC1(CBr)CCCCC1. The number of benzene rings is 1. The van der Waals surface area contributed by atoms with Gasteiger partial charge in [-0.05, 0) is 36.0 Å². The highest BCUT2D eigenvalue weighted by Gasteiger charge is 2.37. The number of hydrogen-bond donors (Lipinski definition) is 0. The molecule has 1 aromatic carbocycles. The number of carbonyl (C=O) groups is 1. The van der Waals surface area contributed by atoms with Gasteiger partial charge in [0.2, 0.25) is 5.91 Å². The summed E-state index contributed by atoms with van der Waals surface area (Å²) < 4.78 is 0. The van der Waals surface area contributed by atoms with Crippen molar-refractivity contribution in [1.29, 1.82) is 0 Å². The van der Waals surface area contributed by atoms with Gasteiger partial charge in [0.05, 0.1) is 6.42 Å². The fraction of sp³-hybridized carbons (Fsp3) is 0.562. The van der Waals surface area contributed by atoms with Crippen molar-refractivity contribution in [2.45, 2.75) is 38.5 Å². The molecule has 1 fully saturated rings. The first-order chi connectivity index (χ1) is 9.63. The van der Waals surface area contributed by atoms with E-state index < -0.39 is 0 Å². The molecule has 1 saturated carbocycles. The molecule has 3 rings (SSSR count). The Bertz CT molecular complexity index is 525. The first-order valence-electron chi connectivity index (χ1n) is 7.28. The molecule has 2 nitrogen and oxygen atoms in total. The van der Waals surface area contributed by atoms with E-state index in [0.717, 1.165) is 23.1 Å². The van der Waals surface area contributed by atoms with Crippen LogP contribution in [0, 0.1) is 5.41 Å². The van der Waals surface area contributed by atoms with Gasteiger partial charge >= 0.3 is 0 Å². The monoisotopic (exact) mass is 355 g/mol. The third-order valence-electron chi connectivity index (χ3n) is 4.67. The molecule has 20 heavy (non-hydrogen) atoms. The number of carbonyl (C=O) groups excluding carboxylic acids is 1. The normalized spacial score (nSPS) is 21.1. The van der Waals surface area contributed by atoms with Crippen molar-refractivity contribution in [3.8, 4) is 0 Å². The molecule has 0 aromatic heterocycles. The predicted octanol–water partition coefficient (Wildman–Crippen LogP) is 4.57. The van der Waals surface area contributed by atoms with Gasteiger partial charge in [-0.15, -0.1) is 0 Å². The summed E-state index contributed by atoms with van der Waals surface area (Å²) in [6.45, 7) is 0.824. The smallest absolute Gasteiger partial charge is 0.231 e. The summed E-state index contributed by atoms with van der Waals surface area (Å²) in [4.78, 5) is 14.3. The van der Waals surface area contributed by atoms with Crippen molar-refractivity contribution in [2.75, 3.05) is 16.8 Å². The van der Waals surface area contributed by atoms with Crippen molar-refractivity contribution >= 4 is 39.1 Å². The quantitative estimate of drug-likeness (QED) is 0.726. The van der Waals surface area contributed by atoms with Gasteiger partial charge in [0.15, 0.2) is 0 Å². The molecule has 0 bridgehead atoms. The Morgan fingerprint density at radius 2 is 2.00 bits per heavy atom. The van der Waals surface area contributed by atoms with E-state index in [1.165, 1.54) is 32.1 Å². The van der Waals surface area contributed by atoms with Gasteiger partial charge in [0, 0.05) is 22.6 Å². The van der Waals surface area contributed by atoms with Crippen molar-refractivity contribution in [1.82, 2.24) is 0 Å². The van der Waals surface area contributed by atoms with Crippen LogP contribution in [0.2, 0.25) is 5.02 Å². The second kappa shape index (κ2) is 5.69. The van der Waals surface area contributed by atoms with E-state index in [1.54, 1.807) is 0 Å². The number of rotatable bonds is 3. The maximum absolute atomic E-state index is 12.3. The molecule has 0 spiro atoms. The fourth-order valence-electron chi connectivity index (χ4n) is 3.47. The van der Waals surface area contributed by atoms with Crippen molar-refractivity contribution in [3.05, 3.63) is 28.8 Å². The van der Waals surface area contributed by atoms with E-state index in [9.17, 15) is 4.79 Å². The van der Waals surface area contributed by atoms with Gasteiger partial charge in [-0.2, -0.15) is 0 Å². The van der Waals surface area contributed by atoms with Crippen LogP contribution < -0.4 is 4.90 Å². The standard InChI is InChI=1S/C16H19BrClNO/c17-10-16(6-2-1-3-7-16)11-19-14-9-13(18)5-4-12(14)8-15(19)20/h4-5,9H,1-3,6-8,10-11H2. The highest BCUT2D eigenvalue weighted by Crippen LogP contribution is 2.41. The van der Waals surface area contributed by atoms with Gasteiger partial charge in [-0.3, -0.25) is 4.79 Å². The zero-order chi connectivity index (χ0) is 14.2. The fourth-order valence-corrected chi connectivity index (χ4v) is 4.38. The Morgan fingerprint density at radius 1 is 1.25 bits per heavy atom. The molecule has 0 radical (unpaired) electrons. The molecule has 4 heteroatoms. The molecule has 1 aliphatic heterocycles. The van der Waals surface area contributed by atoms with Gasteiger partial charge in [0.25, 0.3) is 0 Å². The minimum atomic E-state index is 0.216. The predicted molar refractivity (Wildman–Crippen MR) is 86.8 cm³/mol. The molecule has 1 heterocycles. The molecular weight excluding hydrogens is 338 g/mol. The molecule has 108 valence electrons. The average Bonchev–Trinajstić information content (AvgIpc) is 2.76. The summed E-state index contributed by atoms with van der Waals surface area (Å²) in [7, 11) is 0. The lowest BCUT2D eigenvalue weighted by atomic mass is 9.75. The van der Waals surface area contributed by atoms with Crippen LogP contribution in [0.4, 0.5) is 5.69 Å². The van der Waals surface area contributed by atoms with Crippen LogP contribution >= 0.6 is 27.5 Å². The lowest BCUT2D eigenvalue weighted by Gasteiger charge is -2.39. The van der Waals surface area contributed by atoms with Gasteiger partial charge in [-0.25, -0.2) is 0 Å². The topological polar surface area (TPSA) is 20.3 Å². The van der Waals surface area contributed by atoms with E-state index in [4.69, 9.17) is 11.6 Å². The first-order valence-corrected chi connectivity index (χ1v) is 8.78. The molecule has 0 atom stereocenters. The van der Waals surface area contributed by atoms with Gasteiger partial charge < -0.3 is 4.90 Å². The number of alkyl halides is 1. The second-order valence-electron chi connectivity index (χ2n) is 6.12. The summed E-state index contributed by atoms with van der Waals surface area (Å²) in [6, 6.07) is 5.79. The van der Waals surface area contributed by atoms with Crippen LogP contribution in [0.15, 0.2) is 18.2 Å². The number of halogens is 2. The van der Waals surface area contributed by atoms with Crippen LogP contribution in [0.3, 0.4) is 0 Å². The first kappa shape index (κ1) is 14.4. The molecule has 0 saturated heterocycles. The lowest BCUT2D eigenvalue weighted by Crippen LogP contribution is -2.42. The second-order valence-corrected chi connectivity index (χ2v) is 7.12. The zero-order valence-electron chi connectivity index (χ0n) is 11.5. The highest BCUT2D eigenvalue weighted by molar-refractivity contribution is 9.09. The van der Waals surface area contributed by atoms with Crippen LogP contribution in [-0.2, 0) is 11.2 Å². The average molecular weight is 357 g/mol. The Hall–Kier alpha value is -0.540. The van der Waals surface area contributed by atoms with Gasteiger partial charge in [-0.1, -0.05) is 52.9 Å². The van der Waals surface area contributed by atoms with Crippen LogP contribution in [0.5, 0.6) is 0 Å². The molecule has 1 aromatic rings. The molecular formula is C16H19BrClNO. The summed E-state index contributed by atoms with van der Waals surface area (Å²) in [5.41, 5.74) is 2.37. The van der Waals surface area contributed by atoms with E-state index >= 15 is 0 Å². The number of anilines is 1. The molecule has 1 aliphatic carbocycles. The van der Waals surface area contributed by atoms with E-state index in [0.29, 0.717) is 11.4 Å². The Balaban J connectivity index is 1.87. The third kappa shape index (κ3) is 2.62. The summed E-state index contributed by atoms with van der Waals surface area (Å²) >= 11 is 9.79.